The van der Waals surface area contributed by atoms with Crippen LogP contribution in [0.25, 0.3) is 0 Å². The van der Waals surface area contributed by atoms with Crippen LogP contribution in [0.5, 0.6) is 5.75 Å². The van der Waals surface area contributed by atoms with Gasteiger partial charge in [-0.05, 0) is 30.2 Å². The number of halogens is 2. The summed E-state index contributed by atoms with van der Waals surface area (Å²) in [6.45, 7) is 0.0772. The Labute approximate surface area is 206 Å². The fraction of sp³-hybridized carbons (Fsp3) is 0.240. The number of allylic oxidation sites excluding steroid dienone is 2. The maximum absolute atomic E-state index is 12.9. The Balaban J connectivity index is 1.74. The van der Waals surface area contributed by atoms with Gasteiger partial charge in [-0.1, -0.05) is 41.4 Å². The van der Waals surface area contributed by atoms with Crippen molar-refractivity contribution in [2.24, 2.45) is 5.73 Å². The van der Waals surface area contributed by atoms with Crippen LogP contribution >= 0.6 is 23.2 Å². The van der Waals surface area contributed by atoms with Crippen LogP contribution < -0.4 is 10.5 Å². The van der Waals surface area contributed by atoms with E-state index in [0.717, 1.165) is 0 Å². The van der Waals surface area contributed by atoms with Crippen LogP contribution in [-0.4, -0.2) is 18.9 Å². The number of ether oxygens (including phenoxy) is 3. The second kappa shape index (κ2) is 9.80. The molecule has 2 aromatic carbocycles. The van der Waals surface area contributed by atoms with Crippen LogP contribution in [0.1, 0.15) is 41.9 Å². The molecule has 1 aliphatic heterocycles. The second-order valence-electron chi connectivity index (χ2n) is 7.79. The zero-order valence-electron chi connectivity index (χ0n) is 18.2. The van der Waals surface area contributed by atoms with Crippen LogP contribution in [-0.2, 0) is 25.7 Å². The van der Waals surface area contributed by atoms with E-state index >= 15 is 0 Å². The number of ketones is 1. The van der Waals surface area contributed by atoms with E-state index in [1.54, 1.807) is 36.4 Å². The molecule has 0 radical (unpaired) electrons. The first-order valence-electron chi connectivity index (χ1n) is 10.5. The van der Waals surface area contributed by atoms with Crippen LogP contribution in [0.4, 0.5) is 0 Å². The van der Waals surface area contributed by atoms with E-state index in [2.05, 4.69) is 6.07 Å². The summed E-state index contributed by atoms with van der Waals surface area (Å²) in [5.74, 6) is -1.16. The largest absolute Gasteiger partial charge is 0.486 e. The molecule has 1 atom stereocenters. The molecule has 7 nitrogen and oxygen atoms in total. The number of nitrogens with zero attached hydrogens (tertiary/aromatic N) is 1. The summed E-state index contributed by atoms with van der Waals surface area (Å²) in [6.07, 6.45) is 1.48. The van der Waals surface area contributed by atoms with Crippen molar-refractivity contribution in [3.05, 3.63) is 85.9 Å². The van der Waals surface area contributed by atoms with Gasteiger partial charge < -0.3 is 19.9 Å². The Morgan fingerprint density at radius 3 is 2.62 bits per heavy atom. The normalized spacial score (nSPS) is 17.6. The highest BCUT2D eigenvalue weighted by molar-refractivity contribution is 6.37. The molecule has 0 saturated carbocycles. The van der Waals surface area contributed by atoms with E-state index in [1.165, 1.54) is 7.11 Å². The van der Waals surface area contributed by atoms with Crippen LogP contribution in [0.15, 0.2) is 59.2 Å². The van der Waals surface area contributed by atoms with Gasteiger partial charge in [-0.2, -0.15) is 5.26 Å². The van der Waals surface area contributed by atoms with Crippen molar-refractivity contribution < 1.29 is 23.8 Å². The monoisotopic (exact) mass is 498 g/mol. The Bertz CT molecular complexity index is 1270. The minimum atomic E-state index is -0.840. The van der Waals surface area contributed by atoms with E-state index in [0.29, 0.717) is 47.3 Å². The van der Waals surface area contributed by atoms with Crippen LogP contribution in [0, 0.1) is 11.3 Å². The number of carbonyl (C=O) groups excluding carboxylic acids is 2. The molecule has 0 bridgehead atoms. The predicted octanol–water partition coefficient (Wildman–Crippen LogP) is 4.91. The summed E-state index contributed by atoms with van der Waals surface area (Å²) < 4.78 is 16.4. The fourth-order valence-corrected chi connectivity index (χ4v) is 4.80. The number of methoxy groups -OCH3 is 1. The molecular formula is C25H20Cl2N2O5. The molecule has 0 unspecified atom stereocenters. The third kappa shape index (κ3) is 4.35. The average Bonchev–Trinajstić information content (AvgIpc) is 2.82. The summed E-state index contributed by atoms with van der Waals surface area (Å²) in [5, 5.41) is 9.64. The molecule has 0 amide bonds. The minimum absolute atomic E-state index is 0.0141. The Hall–Kier alpha value is -3.47. The molecule has 2 N–H and O–H groups in total. The van der Waals surface area contributed by atoms with Gasteiger partial charge in [0.05, 0.1) is 34.7 Å². The summed E-state index contributed by atoms with van der Waals surface area (Å²) in [7, 11) is 1.22. The summed E-state index contributed by atoms with van der Waals surface area (Å²) in [6, 6.07) is 12.3. The molecule has 0 spiro atoms. The van der Waals surface area contributed by atoms with E-state index in [9.17, 15) is 14.9 Å². The lowest BCUT2D eigenvalue weighted by atomic mass is 9.77. The molecule has 1 aliphatic carbocycles. The smallest absolute Gasteiger partial charge is 0.340 e. The lowest BCUT2D eigenvalue weighted by Crippen LogP contribution is -2.31. The number of rotatable bonds is 5. The molecule has 4 rings (SSSR count). The Morgan fingerprint density at radius 1 is 1.24 bits per heavy atom. The number of esters is 1. The van der Waals surface area contributed by atoms with Gasteiger partial charge in [0.1, 0.15) is 17.9 Å². The van der Waals surface area contributed by atoms with E-state index < -0.39 is 11.9 Å². The molecule has 1 heterocycles. The van der Waals surface area contributed by atoms with Gasteiger partial charge in [0.25, 0.3) is 0 Å². The zero-order chi connectivity index (χ0) is 24.4. The van der Waals surface area contributed by atoms with Crippen molar-refractivity contribution in [1.29, 1.82) is 5.26 Å². The highest BCUT2D eigenvalue weighted by atomic mass is 35.5. The summed E-state index contributed by atoms with van der Waals surface area (Å²) in [4.78, 5) is 25.5. The van der Waals surface area contributed by atoms with Crippen LogP contribution in [0.3, 0.4) is 0 Å². The number of hydrogen-bond donors (Lipinski definition) is 1. The van der Waals surface area contributed by atoms with Crippen molar-refractivity contribution in [3.8, 4) is 11.8 Å². The Kier molecular flexibility index (Phi) is 6.82. The van der Waals surface area contributed by atoms with Crippen molar-refractivity contribution in [3.63, 3.8) is 0 Å². The molecule has 0 saturated heterocycles. The number of Topliss-reactive ketones (excluding diaryl/α,β-unsaturated/α-hetero) is 1. The van der Waals surface area contributed by atoms with Gasteiger partial charge in [0, 0.05) is 24.0 Å². The van der Waals surface area contributed by atoms with Crippen molar-refractivity contribution in [2.75, 3.05) is 7.11 Å². The molecule has 174 valence electrons. The highest BCUT2D eigenvalue weighted by Crippen LogP contribution is 2.46. The maximum atomic E-state index is 12.9. The molecule has 0 fully saturated rings. The van der Waals surface area contributed by atoms with E-state index in [-0.39, 0.29) is 39.6 Å². The molecule has 0 aromatic heterocycles. The molecule has 2 aliphatic rings. The molecule has 34 heavy (non-hydrogen) atoms. The Morgan fingerprint density at radius 2 is 1.94 bits per heavy atom. The molecule has 2 aromatic rings. The number of hydrogen-bond acceptors (Lipinski definition) is 7. The van der Waals surface area contributed by atoms with Gasteiger partial charge in [0.15, 0.2) is 11.5 Å². The number of nitriles is 1. The topological polar surface area (TPSA) is 112 Å². The van der Waals surface area contributed by atoms with E-state index in [1.807, 2.05) is 0 Å². The highest BCUT2D eigenvalue weighted by Gasteiger charge is 2.41. The van der Waals surface area contributed by atoms with Gasteiger partial charge in [-0.15, -0.1) is 0 Å². The summed E-state index contributed by atoms with van der Waals surface area (Å²) in [5.41, 5.74) is 8.08. The van der Waals surface area contributed by atoms with Gasteiger partial charge in [-0.25, -0.2) is 4.79 Å². The van der Waals surface area contributed by atoms with Crippen LogP contribution in [0.2, 0.25) is 10.0 Å². The second-order valence-corrected chi connectivity index (χ2v) is 8.60. The molecular weight excluding hydrogens is 479 g/mol. The quantitative estimate of drug-likeness (QED) is 0.582. The standard InChI is InChI=1S/C25H20Cl2N2O5/c1-32-25(31)22-20(21-18(30)7-4-8-19(21)34-24(22)29)15-9-16(26)23(17(27)10-15)33-12-14-6-3-2-5-13(14)11-28/h2-3,5-6,9-10,20H,4,7-8,12,29H2,1H3/t20-/m1/s1. The number of benzene rings is 2. The van der Waals surface area contributed by atoms with Gasteiger partial charge >= 0.3 is 5.97 Å². The first-order chi connectivity index (χ1) is 16.3. The van der Waals surface area contributed by atoms with Crippen molar-refractivity contribution in [2.45, 2.75) is 31.8 Å². The average molecular weight is 499 g/mol. The third-order valence-electron chi connectivity index (χ3n) is 5.75. The maximum Gasteiger partial charge on any atom is 0.340 e. The fourth-order valence-electron chi connectivity index (χ4n) is 4.19. The number of carbonyl (C=O) groups is 2. The van der Waals surface area contributed by atoms with Gasteiger partial charge in [0.2, 0.25) is 5.88 Å². The van der Waals surface area contributed by atoms with Crippen molar-refractivity contribution in [1.82, 2.24) is 0 Å². The molecule has 9 heteroatoms. The third-order valence-corrected chi connectivity index (χ3v) is 6.32. The number of nitrogens with two attached hydrogens (primary N) is 1. The van der Waals surface area contributed by atoms with Crippen molar-refractivity contribution >= 4 is 35.0 Å². The summed E-state index contributed by atoms with van der Waals surface area (Å²) >= 11 is 13.1. The first kappa shape index (κ1) is 23.7. The zero-order valence-corrected chi connectivity index (χ0v) is 19.7. The van der Waals surface area contributed by atoms with Gasteiger partial charge in [-0.3, -0.25) is 4.79 Å². The minimum Gasteiger partial charge on any atom is -0.486 e. The predicted molar refractivity (Wildman–Crippen MR) is 125 cm³/mol. The SMILES string of the molecule is COC(=O)C1=C(N)OC2=C(C(=O)CCC2)[C@H]1c1cc(Cl)c(OCc2ccccc2C#N)c(Cl)c1. The van der Waals surface area contributed by atoms with E-state index in [4.69, 9.17) is 43.1 Å². The lowest BCUT2D eigenvalue weighted by molar-refractivity contribution is -0.136. The first-order valence-corrected chi connectivity index (χ1v) is 11.2. The lowest BCUT2D eigenvalue weighted by Gasteiger charge is -2.32.